The number of likely N-dealkylation sites (tertiary alicyclic amines) is 1. The average Bonchev–Trinajstić information content (AvgIpc) is 2.90. The third-order valence-electron chi connectivity index (χ3n) is 4.08. The Bertz CT molecular complexity index is 518. The Morgan fingerprint density at radius 3 is 3.05 bits per heavy atom. The minimum Gasteiger partial charge on any atom is -0.316 e. The third kappa shape index (κ3) is 2.66. The van der Waals surface area contributed by atoms with E-state index in [0.717, 1.165) is 12.1 Å². The molecule has 1 N–H and O–H groups in total. The molecule has 0 aliphatic carbocycles. The van der Waals surface area contributed by atoms with E-state index < -0.39 is 0 Å². The smallest absolute Gasteiger partial charge is 0.111 e. The van der Waals surface area contributed by atoms with E-state index in [9.17, 15) is 0 Å². The van der Waals surface area contributed by atoms with Gasteiger partial charge in [-0.05, 0) is 45.5 Å². The first-order valence-corrected chi connectivity index (χ1v) is 7.86. The van der Waals surface area contributed by atoms with Crippen molar-refractivity contribution in [2.24, 2.45) is 0 Å². The summed E-state index contributed by atoms with van der Waals surface area (Å²) in [5, 5.41) is 4.66. The van der Waals surface area contributed by atoms with Gasteiger partial charge in [-0.15, -0.1) is 11.3 Å². The van der Waals surface area contributed by atoms with Crippen molar-refractivity contribution in [3.05, 3.63) is 29.3 Å². The zero-order valence-electron chi connectivity index (χ0n) is 11.6. The average molecular weight is 275 g/mol. The molecule has 1 aromatic carbocycles. The predicted molar refractivity (Wildman–Crippen MR) is 81.7 cm³/mol. The van der Waals surface area contributed by atoms with Gasteiger partial charge in [0.1, 0.15) is 5.01 Å². The van der Waals surface area contributed by atoms with E-state index in [0.29, 0.717) is 12.1 Å². The van der Waals surface area contributed by atoms with E-state index in [1.54, 1.807) is 0 Å². The fourth-order valence-electron chi connectivity index (χ4n) is 2.82. The van der Waals surface area contributed by atoms with Gasteiger partial charge in [0.25, 0.3) is 0 Å². The number of rotatable bonds is 3. The number of piperidine rings is 1. The molecule has 2 heterocycles. The lowest BCUT2D eigenvalue weighted by atomic mass is 10.0. The zero-order chi connectivity index (χ0) is 13.2. The van der Waals surface area contributed by atoms with Gasteiger partial charge < -0.3 is 5.32 Å². The number of thiazole rings is 1. The van der Waals surface area contributed by atoms with Crippen molar-refractivity contribution in [2.45, 2.75) is 31.8 Å². The maximum atomic E-state index is 4.80. The second-order valence-corrected chi connectivity index (χ2v) is 6.38. The number of aromatic nitrogens is 1. The molecule has 0 radical (unpaired) electrons. The van der Waals surface area contributed by atoms with Crippen LogP contribution in [-0.4, -0.2) is 36.1 Å². The van der Waals surface area contributed by atoms with E-state index in [4.69, 9.17) is 4.98 Å². The lowest BCUT2D eigenvalue weighted by molar-refractivity contribution is 0.149. The molecular formula is C15H21N3S. The molecule has 3 rings (SSSR count). The molecule has 3 nitrogen and oxygen atoms in total. The summed E-state index contributed by atoms with van der Waals surface area (Å²) < 4.78 is 1.30. The van der Waals surface area contributed by atoms with Crippen molar-refractivity contribution in [1.82, 2.24) is 15.2 Å². The summed E-state index contributed by atoms with van der Waals surface area (Å²) in [6, 6.07) is 9.48. The van der Waals surface area contributed by atoms with Crippen LogP contribution in [0.5, 0.6) is 0 Å². The second-order valence-electron chi connectivity index (χ2n) is 5.32. The molecule has 1 aromatic heterocycles. The van der Waals surface area contributed by atoms with Crippen molar-refractivity contribution in [3.8, 4) is 0 Å². The second kappa shape index (κ2) is 5.57. The van der Waals surface area contributed by atoms with Crippen molar-refractivity contribution >= 4 is 21.6 Å². The lowest BCUT2D eigenvalue weighted by Crippen LogP contribution is -2.45. The summed E-state index contributed by atoms with van der Waals surface area (Å²) in [4.78, 5) is 7.35. The Labute approximate surface area is 118 Å². The Kier molecular flexibility index (Phi) is 3.82. The summed E-state index contributed by atoms with van der Waals surface area (Å²) >= 11 is 1.83. The normalized spacial score (nSPS) is 22.7. The number of likely N-dealkylation sites (N-methyl/N-ethyl adjacent to an activating group) is 1. The largest absolute Gasteiger partial charge is 0.316 e. The zero-order valence-corrected chi connectivity index (χ0v) is 12.4. The summed E-state index contributed by atoms with van der Waals surface area (Å²) in [5.41, 5.74) is 1.14. The number of nitrogens with one attached hydrogen (secondary N) is 1. The topological polar surface area (TPSA) is 28.2 Å². The van der Waals surface area contributed by atoms with Crippen LogP contribution < -0.4 is 5.32 Å². The first-order chi connectivity index (χ1) is 9.28. The number of hydrogen-bond donors (Lipinski definition) is 1. The van der Waals surface area contributed by atoms with Crippen molar-refractivity contribution in [3.63, 3.8) is 0 Å². The van der Waals surface area contributed by atoms with Crippen molar-refractivity contribution in [2.75, 3.05) is 20.1 Å². The predicted octanol–water partition coefficient (Wildman–Crippen LogP) is 3.04. The molecule has 2 aromatic rings. The molecule has 19 heavy (non-hydrogen) atoms. The van der Waals surface area contributed by atoms with Gasteiger partial charge in [-0.25, -0.2) is 4.98 Å². The Morgan fingerprint density at radius 2 is 2.26 bits per heavy atom. The van der Waals surface area contributed by atoms with E-state index in [-0.39, 0.29) is 0 Å². The molecule has 1 aliphatic rings. The lowest BCUT2D eigenvalue weighted by Gasteiger charge is -2.35. The van der Waals surface area contributed by atoms with Crippen LogP contribution in [0.4, 0.5) is 0 Å². The molecule has 0 saturated carbocycles. The summed E-state index contributed by atoms with van der Waals surface area (Å²) in [7, 11) is 2.07. The highest BCUT2D eigenvalue weighted by molar-refractivity contribution is 7.18. The van der Waals surface area contributed by atoms with Gasteiger partial charge in [0, 0.05) is 12.6 Å². The number of benzene rings is 1. The van der Waals surface area contributed by atoms with Crippen molar-refractivity contribution in [1.29, 1.82) is 0 Å². The molecule has 0 spiro atoms. The minimum absolute atomic E-state index is 0.425. The highest BCUT2D eigenvalue weighted by Crippen LogP contribution is 2.30. The number of hydrogen-bond acceptors (Lipinski definition) is 4. The van der Waals surface area contributed by atoms with E-state index in [2.05, 4.69) is 48.5 Å². The van der Waals surface area contributed by atoms with Gasteiger partial charge in [0.05, 0.1) is 16.3 Å². The van der Waals surface area contributed by atoms with Gasteiger partial charge in [-0.1, -0.05) is 12.1 Å². The maximum absolute atomic E-state index is 4.80. The van der Waals surface area contributed by atoms with E-state index >= 15 is 0 Å². The first kappa shape index (κ1) is 13.0. The fraction of sp³-hybridized carbons (Fsp3) is 0.533. The minimum atomic E-state index is 0.425. The molecule has 2 atom stereocenters. The van der Waals surface area contributed by atoms with Gasteiger partial charge in [-0.3, -0.25) is 4.90 Å². The van der Waals surface area contributed by atoms with Crippen LogP contribution in [0.25, 0.3) is 10.2 Å². The highest BCUT2D eigenvalue weighted by Gasteiger charge is 2.25. The molecule has 1 aliphatic heterocycles. The molecule has 0 bridgehead atoms. The van der Waals surface area contributed by atoms with Crippen LogP contribution in [0.1, 0.15) is 30.8 Å². The maximum Gasteiger partial charge on any atom is 0.111 e. The molecular weight excluding hydrogens is 254 g/mol. The van der Waals surface area contributed by atoms with Crippen LogP contribution in [0.15, 0.2) is 24.3 Å². The molecule has 0 amide bonds. The molecule has 1 fully saturated rings. The summed E-state index contributed by atoms with van der Waals surface area (Å²) in [5.74, 6) is 0. The van der Waals surface area contributed by atoms with Crippen LogP contribution >= 0.6 is 11.3 Å². The SMILES string of the molecule is CNC1CCCN(C(C)c2nc3ccccc3s2)C1. The first-order valence-electron chi connectivity index (χ1n) is 7.04. The Hall–Kier alpha value is -0.970. The van der Waals surface area contributed by atoms with Crippen LogP contribution in [-0.2, 0) is 0 Å². The standard InChI is InChI=1S/C15H21N3S/c1-11(18-9-5-6-12(10-18)16-2)15-17-13-7-3-4-8-14(13)19-15/h3-4,7-8,11-12,16H,5-6,9-10H2,1-2H3. The summed E-state index contributed by atoms with van der Waals surface area (Å²) in [6.45, 7) is 4.61. The van der Waals surface area contributed by atoms with Gasteiger partial charge in [0.15, 0.2) is 0 Å². The molecule has 102 valence electrons. The quantitative estimate of drug-likeness (QED) is 0.933. The van der Waals surface area contributed by atoms with Crippen LogP contribution in [0.2, 0.25) is 0 Å². The Balaban J connectivity index is 1.80. The summed E-state index contributed by atoms with van der Waals surface area (Å²) in [6.07, 6.45) is 2.57. The number of nitrogens with zero attached hydrogens (tertiary/aromatic N) is 2. The number of fused-ring (bicyclic) bond motifs is 1. The van der Waals surface area contributed by atoms with Gasteiger partial charge in [0.2, 0.25) is 0 Å². The molecule has 4 heteroatoms. The van der Waals surface area contributed by atoms with E-state index in [1.807, 2.05) is 11.3 Å². The highest BCUT2D eigenvalue weighted by atomic mass is 32.1. The Morgan fingerprint density at radius 1 is 1.42 bits per heavy atom. The number of para-hydroxylation sites is 1. The van der Waals surface area contributed by atoms with Gasteiger partial charge >= 0.3 is 0 Å². The fourth-order valence-corrected chi connectivity index (χ4v) is 3.87. The van der Waals surface area contributed by atoms with Crippen molar-refractivity contribution < 1.29 is 0 Å². The monoisotopic (exact) mass is 275 g/mol. The van der Waals surface area contributed by atoms with Crippen LogP contribution in [0.3, 0.4) is 0 Å². The van der Waals surface area contributed by atoms with Gasteiger partial charge in [-0.2, -0.15) is 0 Å². The molecule has 1 saturated heterocycles. The van der Waals surface area contributed by atoms with Crippen LogP contribution in [0, 0.1) is 0 Å². The van der Waals surface area contributed by atoms with E-state index in [1.165, 1.54) is 29.1 Å². The third-order valence-corrected chi connectivity index (χ3v) is 5.28. The molecule has 2 unspecified atom stereocenters.